The third-order valence-electron chi connectivity index (χ3n) is 2.46. The maximum absolute atomic E-state index is 9.20. The Hall–Kier alpha value is -0.0900. The lowest BCUT2D eigenvalue weighted by Crippen LogP contribution is -2.32. The van der Waals surface area contributed by atoms with Gasteiger partial charge < -0.3 is 10.8 Å². The molecule has 15 heavy (non-hydrogen) atoms. The number of rotatable bonds is 3. The normalized spacial score (nSPS) is 13.1. The number of hydrogen-bond acceptors (Lipinski definition) is 2. The lowest BCUT2D eigenvalue weighted by Gasteiger charge is -2.29. The first-order valence-corrected chi connectivity index (χ1v) is 5.38. The van der Waals surface area contributed by atoms with Crippen LogP contribution in [0.15, 0.2) is 28.7 Å². The third-order valence-corrected chi connectivity index (χ3v) is 2.95. The van der Waals surface area contributed by atoms with Gasteiger partial charge in [-0.05, 0) is 17.7 Å². The van der Waals surface area contributed by atoms with Crippen molar-refractivity contribution in [1.29, 1.82) is 0 Å². The molecule has 0 saturated heterocycles. The van der Waals surface area contributed by atoms with E-state index in [-0.39, 0.29) is 30.5 Å². The van der Waals surface area contributed by atoms with Crippen LogP contribution >= 0.6 is 28.3 Å². The van der Waals surface area contributed by atoms with Crippen molar-refractivity contribution in [2.45, 2.75) is 19.9 Å². The molecule has 1 atom stereocenters. The van der Waals surface area contributed by atoms with Gasteiger partial charge in [0.15, 0.2) is 0 Å². The molecule has 0 saturated carbocycles. The van der Waals surface area contributed by atoms with Crippen LogP contribution in [0.5, 0.6) is 0 Å². The van der Waals surface area contributed by atoms with Crippen molar-refractivity contribution in [2.24, 2.45) is 11.1 Å². The second kappa shape index (κ2) is 5.85. The summed E-state index contributed by atoms with van der Waals surface area (Å²) in [5.74, 6) is 0. The van der Waals surface area contributed by atoms with Crippen LogP contribution in [0.25, 0.3) is 0 Å². The molecule has 2 nitrogen and oxygen atoms in total. The van der Waals surface area contributed by atoms with Crippen molar-refractivity contribution >= 4 is 28.3 Å². The predicted molar refractivity (Wildman–Crippen MR) is 69.2 cm³/mol. The zero-order chi connectivity index (χ0) is 10.8. The van der Waals surface area contributed by atoms with Gasteiger partial charge in [-0.15, -0.1) is 12.4 Å². The van der Waals surface area contributed by atoms with E-state index in [4.69, 9.17) is 5.73 Å². The fraction of sp³-hybridized carbons (Fsp3) is 0.455. The molecule has 1 aromatic rings. The molecular weight excluding hydrogens is 277 g/mol. The molecule has 0 heterocycles. The Morgan fingerprint density at radius 2 is 2.07 bits per heavy atom. The van der Waals surface area contributed by atoms with Gasteiger partial charge in [-0.1, -0.05) is 41.9 Å². The van der Waals surface area contributed by atoms with Gasteiger partial charge in [-0.3, -0.25) is 0 Å². The molecule has 0 aliphatic carbocycles. The van der Waals surface area contributed by atoms with Crippen LogP contribution in [0.4, 0.5) is 0 Å². The maximum atomic E-state index is 9.20. The number of aliphatic hydroxyl groups is 1. The lowest BCUT2D eigenvalue weighted by molar-refractivity contribution is 0.132. The number of nitrogens with two attached hydrogens (primary N) is 1. The minimum absolute atomic E-state index is 0. The van der Waals surface area contributed by atoms with Gasteiger partial charge in [-0.25, -0.2) is 0 Å². The van der Waals surface area contributed by atoms with E-state index in [0.29, 0.717) is 0 Å². The first kappa shape index (κ1) is 14.9. The highest BCUT2D eigenvalue weighted by Crippen LogP contribution is 2.31. The van der Waals surface area contributed by atoms with Crippen LogP contribution in [-0.4, -0.2) is 11.7 Å². The summed E-state index contributed by atoms with van der Waals surface area (Å²) in [5, 5.41) is 9.20. The quantitative estimate of drug-likeness (QED) is 0.900. The Labute approximate surface area is 105 Å². The van der Waals surface area contributed by atoms with E-state index in [1.807, 2.05) is 38.1 Å². The molecular formula is C11H17BrClNO. The van der Waals surface area contributed by atoms with Gasteiger partial charge in [-0.2, -0.15) is 0 Å². The summed E-state index contributed by atoms with van der Waals surface area (Å²) in [6.45, 7) is 4.00. The van der Waals surface area contributed by atoms with Crippen molar-refractivity contribution in [2.75, 3.05) is 6.61 Å². The summed E-state index contributed by atoms with van der Waals surface area (Å²) < 4.78 is 1.01. The maximum Gasteiger partial charge on any atom is 0.0500 e. The minimum Gasteiger partial charge on any atom is -0.396 e. The molecule has 0 bridgehead atoms. The number of hydrogen-bond donors (Lipinski definition) is 2. The summed E-state index contributed by atoms with van der Waals surface area (Å²) in [7, 11) is 0. The topological polar surface area (TPSA) is 46.2 Å². The Bertz CT molecular complexity index is 317. The van der Waals surface area contributed by atoms with Crippen LogP contribution in [0.2, 0.25) is 0 Å². The number of halogens is 2. The molecule has 0 amide bonds. The van der Waals surface area contributed by atoms with E-state index in [9.17, 15) is 5.11 Å². The fourth-order valence-corrected chi connectivity index (χ4v) is 1.67. The smallest absolute Gasteiger partial charge is 0.0500 e. The van der Waals surface area contributed by atoms with Crippen molar-refractivity contribution in [1.82, 2.24) is 0 Å². The first-order valence-electron chi connectivity index (χ1n) is 4.59. The van der Waals surface area contributed by atoms with Crippen molar-refractivity contribution in [3.05, 3.63) is 34.3 Å². The Kier molecular flexibility index (Phi) is 5.81. The average Bonchev–Trinajstić information content (AvgIpc) is 2.16. The van der Waals surface area contributed by atoms with Crippen molar-refractivity contribution in [3.63, 3.8) is 0 Å². The van der Waals surface area contributed by atoms with Gasteiger partial charge in [0.25, 0.3) is 0 Å². The summed E-state index contributed by atoms with van der Waals surface area (Å²) in [6, 6.07) is 7.73. The second-order valence-corrected chi connectivity index (χ2v) is 5.10. The first-order chi connectivity index (χ1) is 6.47. The number of benzene rings is 1. The Morgan fingerprint density at radius 3 is 2.53 bits per heavy atom. The second-order valence-electron chi connectivity index (χ2n) is 4.18. The molecule has 86 valence electrons. The summed E-state index contributed by atoms with van der Waals surface area (Å²) in [6.07, 6.45) is 0. The molecule has 0 radical (unpaired) electrons. The summed E-state index contributed by atoms with van der Waals surface area (Å²) in [4.78, 5) is 0. The molecule has 0 aliphatic rings. The van der Waals surface area contributed by atoms with Gasteiger partial charge in [0.1, 0.15) is 0 Å². The molecule has 3 N–H and O–H groups in total. The van der Waals surface area contributed by atoms with E-state index in [1.54, 1.807) is 0 Å². The molecule has 1 aromatic carbocycles. The van der Waals surface area contributed by atoms with Crippen LogP contribution in [-0.2, 0) is 0 Å². The fourth-order valence-electron chi connectivity index (χ4n) is 1.25. The highest BCUT2D eigenvalue weighted by molar-refractivity contribution is 9.10. The van der Waals surface area contributed by atoms with E-state index < -0.39 is 0 Å². The summed E-state index contributed by atoms with van der Waals surface area (Å²) >= 11 is 3.40. The van der Waals surface area contributed by atoms with Crippen LogP contribution < -0.4 is 5.73 Å². The molecule has 0 unspecified atom stereocenters. The van der Waals surface area contributed by atoms with Crippen molar-refractivity contribution < 1.29 is 5.11 Å². The standard InChI is InChI=1S/C11H16BrNO.ClH/c1-11(2,7-14)10(13)8-4-3-5-9(12)6-8;/h3-6,10,14H,7,13H2,1-2H3;1H/t10-;/m0./s1. The predicted octanol–water partition coefficient (Wildman–Crippen LogP) is 2.89. The lowest BCUT2D eigenvalue weighted by atomic mass is 9.82. The van der Waals surface area contributed by atoms with E-state index in [0.717, 1.165) is 10.0 Å². The van der Waals surface area contributed by atoms with Crippen LogP contribution in [0.1, 0.15) is 25.5 Å². The molecule has 0 aliphatic heterocycles. The SMILES string of the molecule is CC(C)(CO)[C@@H](N)c1cccc(Br)c1.Cl. The molecule has 0 aromatic heterocycles. The van der Waals surface area contributed by atoms with E-state index in [1.165, 1.54) is 0 Å². The van der Waals surface area contributed by atoms with Gasteiger partial charge >= 0.3 is 0 Å². The third kappa shape index (κ3) is 3.76. The molecule has 0 spiro atoms. The van der Waals surface area contributed by atoms with Crippen LogP contribution in [0, 0.1) is 5.41 Å². The Morgan fingerprint density at radius 1 is 1.47 bits per heavy atom. The highest BCUT2D eigenvalue weighted by atomic mass is 79.9. The number of aliphatic hydroxyl groups excluding tert-OH is 1. The molecule has 1 rings (SSSR count). The zero-order valence-electron chi connectivity index (χ0n) is 8.90. The Balaban J connectivity index is 0.00000196. The molecule has 0 fully saturated rings. The van der Waals surface area contributed by atoms with Crippen molar-refractivity contribution in [3.8, 4) is 0 Å². The molecule has 4 heteroatoms. The van der Waals surface area contributed by atoms with Crippen LogP contribution in [0.3, 0.4) is 0 Å². The average molecular weight is 295 g/mol. The van der Waals surface area contributed by atoms with Gasteiger partial charge in [0.05, 0.1) is 0 Å². The minimum atomic E-state index is -0.291. The van der Waals surface area contributed by atoms with Gasteiger partial charge in [0, 0.05) is 22.5 Å². The van der Waals surface area contributed by atoms with E-state index in [2.05, 4.69) is 15.9 Å². The van der Waals surface area contributed by atoms with E-state index >= 15 is 0 Å². The zero-order valence-corrected chi connectivity index (χ0v) is 11.3. The highest BCUT2D eigenvalue weighted by Gasteiger charge is 2.26. The largest absolute Gasteiger partial charge is 0.396 e. The van der Waals surface area contributed by atoms with Gasteiger partial charge in [0.2, 0.25) is 0 Å². The monoisotopic (exact) mass is 293 g/mol. The summed E-state index contributed by atoms with van der Waals surface area (Å²) in [5.41, 5.74) is 6.82.